The first-order valence-corrected chi connectivity index (χ1v) is 4.57. The molecule has 1 rings (SSSR count). The van der Waals surface area contributed by atoms with Crippen LogP contribution in [0.25, 0.3) is 0 Å². The summed E-state index contributed by atoms with van der Waals surface area (Å²) in [4.78, 5) is 0. The maximum Gasteiger partial charge on any atom is 0.123 e. The van der Waals surface area contributed by atoms with Crippen molar-refractivity contribution in [1.82, 2.24) is 0 Å². The molecule has 0 N–H and O–H groups in total. The molecule has 0 aromatic heterocycles. The fraction of sp³-hybridized carbons (Fsp3) is 0.333. The van der Waals surface area contributed by atoms with Crippen molar-refractivity contribution in [3.63, 3.8) is 0 Å². The quantitative estimate of drug-likeness (QED) is 0.618. The standard InChI is InChI=1S/C12H15F/c1-3-5-10(2)8-11-6-4-7-12(13)9-11/h3-4,6-7,9-10H,1,5,8H2,2H3. The lowest BCUT2D eigenvalue weighted by molar-refractivity contribution is 0.582. The van der Waals surface area contributed by atoms with Gasteiger partial charge in [0.1, 0.15) is 5.82 Å². The molecule has 0 saturated carbocycles. The van der Waals surface area contributed by atoms with Crippen LogP contribution in [0.3, 0.4) is 0 Å². The van der Waals surface area contributed by atoms with Gasteiger partial charge in [0, 0.05) is 0 Å². The molecule has 1 aromatic rings. The number of hydrogen-bond acceptors (Lipinski definition) is 0. The van der Waals surface area contributed by atoms with Gasteiger partial charge in [-0.25, -0.2) is 4.39 Å². The number of halogens is 1. The fourth-order valence-electron chi connectivity index (χ4n) is 1.43. The van der Waals surface area contributed by atoms with Crippen LogP contribution in [0.1, 0.15) is 18.9 Å². The fourth-order valence-corrected chi connectivity index (χ4v) is 1.43. The molecular weight excluding hydrogens is 163 g/mol. The summed E-state index contributed by atoms with van der Waals surface area (Å²) in [5, 5.41) is 0. The van der Waals surface area contributed by atoms with Gasteiger partial charge in [-0.1, -0.05) is 25.1 Å². The molecule has 1 atom stereocenters. The summed E-state index contributed by atoms with van der Waals surface area (Å²) in [7, 11) is 0. The van der Waals surface area contributed by atoms with Gasteiger partial charge in [0.15, 0.2) is 0 Å². The van der Waals surface area contributed by atoms with Gasteiger partial charge in [-0.15, -0.1) is 6.58 Å². The van der Waals surface area contributed by atoms with Gasteiger partial charge in [-0.2, -0.15) is 0 Å². The van der Waals surface area contributed by atoms with Gasteiger partial charge in [0.2, 0.25) is 0 Å². The Morgan fingerprint density at radius 2 is 2.31 bits per heavy atom. The second kappa shape index (κ2) is 4.80. The molecular formula is C12H15F. The molecule has 0 aliphatic heterocycles. The van der Waals surface area contributed by atoms with Crippen LogP contribution in [-0.2, 0) is 6.42 Å². The smallest absolute Gasteiger partial charge is 0.123 e. The molecule has 0 nitrogen and oxygen atoms in total. The summed E-state index contributed by atoms with van der Waals surface area (Å²) in [6.45, 7) is 5.83. The van der Waals surface area contributed by atoms with Crippen LogP contribution in [0, 0.1) is 11.7 Å². The largest absolute Gasteiger partial charge is 0.207 e. The van der Waals surface area contributed by atoms with Crippen molar-refractivity contribution >= 4 is 0 Å². The first kappa shape index (κ1) is 9.97. The van der Waals surface area contributed by atoms with Gasteiger partial charge in [0.05, 0.1) is 0 Å². The van der Waals surface area contributed by atoms with E-state index in [1.54, 1.807) is 12.1 Å². The number of hydrogen-bond donors (Lipinski definition) is 0. The topological polar surface area (TPSA) is 0 Å². The molecule has 1 aromatic carbocycles. The summed E-state index contributed by atoms with van der Waals surface area (Å²) < 4.78 is 12.8. The van der Waals surface area contributed by atoms with E-state index < -0.39 is 0 Å². The van der Waals surface area contributed by atoms with Crippen molar-refractivity contribution < 1.29 is 4.39 Å². The van der Waals surface area contributed by atoms with E-state index in [0.29, 0.717) is 5.92 Å². The molecule has 0 spiro atoms. The van der Waals surface area contributed by atoms with Crippen LogP contribution in [0.5, 0.6) is 0 Å². The van der Waals surface area contributed by atoms with Gasteiger partial charge in [-0.3, -0.25) is 0 Å². The maximum absolute atomic E-state index is 12.8. The van der Waals surface area contributed by atoms with Crippen molar-refractivity contribution in [3.8, 4) is 0 Å². The van der Waals surface area contributed by atoms with Crippen molar-refractivity contribution in [1.29, 1.82) is 0 Å². The average molecular weight is 178 g/mol. The second-order valence-electron chi connectivity index (χ2n) is 3.46. The molecule has 1 heteroatoms. The van der Waals surface area contributed by atoms with E-state index in [-0.39, 0.29) is 5.82 Å². The minimum Gasteiger partial charge on any atom is -0.207 e. The molecule has 0 fully saturated rings. The third kappa shape index (κ3) is 3.41. The van der Waals surface area contributed by atoms with Crippen LogP contribution < -0.4 is 0 Å². The minimum absolute atomic E-state index is 0.150. The molecule has 0 aliphatic rings. The highest BCUT2D eigenvalue weighted by Gasteiger charge is 2.01. The molecule has 70 valence electrons. The highest BCUT2D eigenvalue weighted by Crippen LogP contribution is 2.12. The number of rotatable bonds is 4. The molecule has 0 aliphatic carbocycles. The zero-order chi connectivity index (χ0) is 9.68. The van der Waals surface area contributed by atoms with E-state index in [0.717, 1.165) is 18.4 Å². The average Bonchev–Trinajstić information content (AvgIpc) is 2.04. The zero-order valence-electron chi connectivity index (χ0n) is 7.96. The number of benzene rings is 1. The van der Waals surface area contributed by atoms with Crippen LogP contribution in [-0.4, -0.2) is 0 Å². The first-order chi connectivity index (χ1) is 6.22. The Hall–Kier alpha value is -1.11. The Labute approximate surface area is 79.1 Å². The third-order valence-corrected chi connectivity index (χ3v) is 2.04. The molecule has 0 radical (unpaired) electrons. The predicted octanol–water partition coefficient (Wildman–Crippen LogP) is 3.58. The Kier molecular flexibility index (Phi) is 3.69. The Morgan fingerprint density at radius 3 is 2.92 bits per heavy atom. The lowest BCUT2D eigenvalue weighted by atomic mass is 9.98. The van der Waals surface area contributed by atoms with E-state index in [4.69, 9.17) is 0 Å². The summed E-state index contributed by atoms with van der Waals surface area (Å²) >= 11 is 0. The van der Waals surface area contributed by atoms with E-state index >= 15 is 0 Å². The lowest BCUT2D eigenvalue weighted by Gasteiger charge is -2.08. The van der Waals surface area contributed by atoms with Crippen molar-refractivity contribution in [2.45, 2.75) is 19.8 Å². The highest BCUT2D eigenvalue weighted by molar-refractivity contribution is 5.16. The van der Waals surface area contributed by atoms with Gasteiger partial charge >= 0.3 is 0 Å². The van der Waals surface area contributed by atoms with Crippen LogP contribution in [0.2, 0.25) is 0 Å². The Balaban J connectivity index is 2.58. The van der Waals surface area contributed by atoms with Crippen LogP contribution in [0.4, 0.5) is 4.39 Å². The molecule has 1 unspecified atom stereocenters. The molecule has 13 heavy (non-hydrogen) atoms. The monoisotopic (exact) mass is 178 g/mol. The molecule has 0 bridgehead atoms. The first-order valence-electron chi connectivity index (χ1n) is 4.57. The lowest BCUT2D eigenvalue weighted by Crippen LogP contribution is -1.98. The summed E-state index contributed by atoms with van der Waals surface area (Å²) in [6.07, 6.45) is 3.81. The van der Waals surface area contributed by atoms with Gasteiger partial charge < -0.3 is 0 Å². The van der Waals surface area contributed by atoms with Crippen LogP contribution >= 0.6 is 0 Å². The van der Waals surface area contributed by atoms with Crippen LogP contribution in [0.15, 0.2) is 36.9 Å². The van der Waals surface area contributed by atoms with Gasteiger partial charge in [0.25, 0.3) is 0 Å². The highest BCUT2D eigenvalue weighted by atomic mass is 19.1. The Morgan fingerprint density at radius 1 is 1.54 bits per heavy atom. The summed E-state index contributed by atoms with van der Waals surface area (Å²) in [6, 6.07) is 6.79. The van der Waals surface area contributed by atoms with Gasteiger partial charge in [-0.05, 0) is 36.5 Å². The predicted molar refractivity (Wildman–Crippen MR) is 54.1 cm³/mol. The summed E-state index contributed by atoms with van der Waals surface area (Å²) in [5.41, 5.74) is 1.06. The van der Waals surface area contributed by atoms with Crippen molar-refractivity contribution in [2.24, 2.45) is 5.92 Å². The second-order valence-corrected chi connectivity index (χ2v) is 3.46. The SMILES string of the molecule is C=CCC(C)Cc1cccc(F)c1. The molecule has 0 heterocycles. The maximum atomic E-state index is 12.8. The van der Waals surface area contributed by atoms with Crippen molar-refractivity contribution in [2.75, 3.05) is 0 Å². The molecule has 0 amide bonds. The summed E-state index contributed by atoms with van der Waals surface area (Å²) in [5.74, 6) is 0.391. The van der Waals surface area contributed by atoms with E-state index in [1.807, 2.05) is 12.1 Å². The van der Waals surface area contributed by atoms with E-state index in [1.165, 1.54) is 6.07 Å². The molecule has 0 saturated heterocycles. The number of allylic oxidation sites excluding steroid dienone is 1. The zero-order valence-corrected chi connectivity index (χ0v) is 7.96. The third-order valence-electron chi connectivity index (χ3n) is 2.04. The minimum atomic E-state index is -0.150. The van der Waals surface area contributed by atoms with E-state index in [9.17, 15) is 4.39 Å². The Bertz CT molecular complexity index is 278. The van der Waals surface area contributed by atoms with E-state index in [2.05, 4.69) is 13.5 Å². The van der Waals surface area contributed by atoms with Crippen molar-refractivity contribution in [3.05, 3.63) is 48.3 Å². The normalized spacial score (nSPS) is 12.5.